The minimum absolute atomic E-state index is 0.162. The second-order valence-electron chi connectivity index (χ2n) is 5.77. The number of likely N-dealkylation sites (tertiary alicyclic amines) is 1. The van der Waals surface area contributed by atoms with Crippen LogP contribution < -0.4 is 5.73 Å². The van der Waals surface area contributed by atoms with Crippen molar-refractivity contribution in [3.8, 4) is 0 Å². The normalized spacial score (nSPS) is 23.8. The number of fused-ring (bicyclic) bond motifs is 1. The van der Waals surface area contributed by atoms with Gasteiger partial charge in [0.15, 0.2) is 0 Å². The first-order valence-corrected chi connectivity index (χ1v) is 8.22. The van der Waals surface area contributed by atoms with E-state index in [4.69, 9.17) is 5.73 Å². The summed E-state index contributed by atoms with van der Waals surface area (Å²) >= 11 is 1.72. The van der Waals surface area contributed by atoms with E-state index >= 15 is 0 Å². The maximum absolute atomic E-state index is 12.5. The molecule has 0 bridgehead atoms. The van der Waals surface area contributed by atoms with Crippen LogP contribution in [0.25, 0.3) is 0 Å². The Morgan fingerprint density at radius 1 is 1.26 bits per heavy atom. The van der Waals surface area contributed by atoms with Gasteiger partial charge in [0.25, 0.3) is 5.91 Å². The third-order valence-electron chi connectivity index (χ3n) is 4.20. The first-order chi connectivity index (χ1) is 9.24. The van der Waals surface area contributed by atoms with Crippen LogP contribution in [-0.2, 0) is 12.8 Å². The third kappa shape index (κ3) is 2.84. The highest BCUT2D eigenvalue weighted by Crippen LogP contribution is 2.30. The molecule has 1 atom stereocenters. The molecule has 1 aliphatic carbocycles. The van der Waals surface area contributed by atoms with E-state index in [1.54, 1.807) is 11.3 Å². The molecule has 0 spiro atoms. The average Bonchev–Trinajstić information content (AvgIpc) is 2.69. The van der Waals surface area contributed by atoms with Crippen LogP contribution in [0.4, 0.5) is 0 Å². The molecule has 1 amide bonds. The molecular formula is C15H22N2OS. The Kier molecular flexibility index (Phi) is 3.89. The van der Waals surface area contributed by atoms with Gasteiger partial charge in [0.2, 0.25) is 0 Å². The lowest BCUT2D eigenvalue weighted by molar-refractivity contribution is 0.0713. The maximum atomic E-state index is 12.5. The zero-order valence-electron chi connectivity index (χ0n) is 11.4. The number of amides is 1. The lowest BCUT2D eigenvalue weighted by atomic mass is 10.1. The summed E-state index contributed by atoms with van der Waals surface area (Å²) in [6.45, 7) is 1.59. The molecular weight excluding hydrogens is 256 g/mol. The van der Waals surface area contributed by atoms with Gasteiger partial charge in [0.1, 0.15) is 0 Å². The molecule has 2 aliphatic rings. The standard InChI is InChI=1S/C15H22N2OS/c16-12-6-4-8-17(10-12)15(18)14-9-11-5-2-1-3-7-13(11)19-14/h9,12H,1-8,10,16H2/t12-/m1/s1. The highest BCUT2D eigenvalue weighted by atomic mass is 32.1. The fourth-order valence-corrected chi connectivity index (χ4v) is 4.34. The van der Waals surface area contributed by atoms with Crippen LogP contribution in [0.2, 0.25) is 0 Å². The molecule has 0 unspecified atom stereocenters. The van der Waals surface area contributed by atoms with Crippen molar-refractivity contribution < 1.29 is 4.79 Å². The average molecular weight is 278 g/mol. The summed E-state index contributed by atoms with van der Waals surface area (Å²) in [5, 5.41) is 0. The van der Waals surface area contributed by atoms with Gasteiger partial charge in [-0.3, -0.25) is 4.79 Å². The summed E-state index contributed by atoms with van der Waals surface area (Å²) in [6, 6.07) is 2.31. The molecule has 4 heteroatoms. The summed E-state index contributed by atoms with van der Waals surface area (Å²) in [4.78, 5) is 16.9. The Labute approximate surface area is 118 Å². The van der Waals surface area contributed by atoms with Crippen molar-refractivity contribution in [1.82, 2.24) is 4.90 Å². The van der Waals surface area contributed by atoms with E-state index in [1.807, 2.05) is 4.90 Å². The summed E-state index contributed by atoms with van der Waals surface area (Å²) in [5.41, 5.74) is 7.39. The van der Waals surface area contributed by atoms with E-state index in [-0.39, 0.29) is 11.9 Å². The van der Waals surface area contributed by atoms with Crippen molar-refractivity contribution in [2.24, 2.45) is 5.73 Å². The summed E-state index contributed by atoms with van der Waals surface area (Å²) < 4.78 is 0. The van der Waals surface area contributed by atoms with E-state index in [1.165, 1.54) is 29.7 Å². The molecule has 0 aromatic carbocycles. The van der Waals surface area contributed by atoms with Gasteiger partial charge < -0.3 is 10.6 Å². The predicted molar refractivity (Wildman–Crippen MR) is 78.7 cm³/mol. The Balaban J connectivity index is 1.76. The SMILES string of the molecule is N[C@@H]1CCCN(C(=O)c2cc3c(s2)CCCCC3)C1. The molecule has 1 aliphatic heterocycles. The third-order valence-corrected chi connectivity index (χ3v) is 5.43. The number of aryl methyl sites for hydroxylation is 2. The number of rotatable bonds is 1. The van der Waals surface area contributed by atoms with Crippen molar-refractivity contribution in [2.45, 2.75) is 51.0 Å². The second kappa shape index (κ2) is 5.63. The predicted octanol–water partition coefficient (Wildman–Crippen LogP) is 2.58. The molecule has 3 nitrogen and oxygen atoms in total. The van der Waals surface area contributed by atoms with E-state index in [0.717, 1.165) is 43.6 Å². The molecule has 1 saturated heterocycles. The van der Waals surface area contributed by atoms with Gasteiger partial charge >= 0.3 is 0 Å². The van der Waals surface area contributed by atoms with Crippen molar-refractivity contribution in [3.63, 3.8) is 0 Å². The van der Waals surface area contributed by atoms with Crippen LogP contribution in [0.1, 0.15) is 52.2 Å². The maximum Gasteiger partial charge on any atom is 0.263 e. The zero-order chi connectivity index (χ0) is 13.2. The number of thiophene rings is 1. The van der Waals surface area contributed by atoms with Gasteiger partial charge in [-0.25, -0.2) is 0 Å². The Morgan fingerprint density at radius 2 is 2.11 bits per heavy atom. The van der Waals surface area contributed by atoms with Crippen LogP contribution in [0, 0.1) is 0 Å². The van der Waals surface area contributed by atoms with Gasteiger partial charge in [-0.1, -0.05) is 6.42 Å². The van der Waals surface area contributed by atoms with Gasteiger partial charge in [0, 0.05) is 24.0 Å². The molecule has 104 valence electrons. The number of carbonyl (C=O) groups excluding carboxylic acids is 1. The first-order valence-electron chi connectivity index (χ1n) is 7.40. The second-order valence-corrected chi connectivity index (χ2v) is 6.91. The van der Waals surface area contributed by atoms with E-state index in [2.05, 4.69) is 6.07 Å². The topological polar surface area (TPSA) is 46.3 Å². The lowest BCUT2D eigenvalue weighted by Gasteiger charge is -2.30. The molecule has 3 rings (SSSR count). The van der Waals surface area contributed by atoms with Crippen LogP contribution in [-0.4, -0.2) is 29.9 Å². The Bertz CT molecular complexity index is 445. The largest absolute Gasteiger partial charge is 0.336 e. The zero-order valence-corrected chi connectivity index (χ0v) is 12.2. The number of nitrogens with two attached hydrogens (primary N) is 1. The van der Waals surface area contributed by atoms with Crippen molar-refractivity contribution in [2.75, 3.05) is 13.1 Å². The number of hydrogen-bond acceptors (Lipinski definition) is 3. The van der Waals surface area contributed by atoms with Crippen molar-refractivity contribution >= 4 is 17.2 Å². The van der Waals surface area contributed by atoms with Gasteiger partial charge in [0.05, 0.1) is 4.88 Å². The monoisotopic (exact) mass is 278 g/mol. The van der Waals surface area contributed by atoms with Crippen molar-refractivity contribution in [3.05, 3.63) is 21.4 Å². The van der Waals surface area contributed by atoms with Gasteiger partial charge in [-0.05, 0) is 50.2 Å². The van der Waals surface area contributed by atoms with E-state index in [9.17, 15) is 4.79 Å². The molecule has 1 aromatic rings. The summed E-state index contributed by atoms with van der Waals surface area (Å²) in [7, 11) is 0. The molecule has 2 N–H and O–H groups in total. The highest BCUT2D eigenvalue weighted by Gasteiger charge is 2.24. The van der Waals surface area contributed by atoms with E-state index < -0.39 is 0 Å². The van der Waals surface area contributed by atoms with Crippen LogP contribution in [0.3, 0.4) is 0 Å². The van der Waals surface area contributed by atoms with Crippen molar-refractivity contribution in [1.29, 1.82) is 0 Å². The van der Waals surface area contributed by atoms with Crippen LogP contribution in [0.5, 0.6) is 0 Å². The van der Waals surface area contributed by atoms with Crippen LogP contribution in [0.15, 0.2) is 6.07 Å². The lowest BCUT2D eigenvalue weighted by Crippen LogP contribution is -2.45. The quantitative estimate of drug-likeness (QED) is 0.803. The molecule has 0 saturated carbocycles. The van der Waals surface area contributed by atoms with Gasteiger partial charge in [-0.2, -0.15) is 0 Å². The molecule has 2 heterocycles. The summed E-state index contributed by atoms with van der Waals surface area (Å²) in [5.74, 6) is 0.202. The van der Waals surface area contributed by atoms with E-state index in [0.29, 0.717) is 0 Å². The molecule has 19 heavy (non-hydrogen) atoms. The smallest absolute Gasteiger partial charge is 0.263 e. The number of nitrogens with zero attached hydrogens (tertiary/aromatic N) is 1. The van der Waals surface area contributed by atoms with Gasteiger partial charge in [-0.15, -0.1) is 11.3 Å². The Morgan fingerprint density at radius 3 is 2.95 bits per heavy atom. The number of carbonyl (C=O) groups is 1. The minimum Gasteiger partial charge on any atom is -0.336 e. The first kappa shape index (κ1) is 13.1. The Hall–Kier alpha value is -0.870. The van der Waals surface area contributed by atoms with Crippen LogP contribution >= 0.6 is 11.3 Å². The molecule has 1 aromatic heterocycles. The summed E-state index contributed by atoms with van der Waals surface area (Å²) in [6.07, 6.45) is 8.27. The fourth-order valence-electron chi connectivity index (χ4n) is 3.12. The number of piperidine rings is 1. The fraction of sp³-hybridized carbons (Fsp3) is 0.667. The number of hydrogen-bond donors (Lipinski definition) is 1. The highest BCUT2D eigenvalue weighted by molar-refractivity contribution is 7.14. The minimum atomic E-state index is 0.162. The molecule has 1 fully saturated rings. The molecule has 0 radical (unpaired) electrons.